The third kappa shape index (κ3) is 4.04. The van der Waals surface area contributed by atoms with Gasteiger partial charge in [-0.05, 0) is 56.2 Å². The normalized spacial score (nSPS) is 22.2. The number of fused-ring (bicyclic) bond motifs is 8. The molecule has 0 saturated heterocycles. The Kier molecular flexibility index (Phi) is 6.15. The molecule has 2 unspecified atom stereocenters. The summed E-state index contributed by atoms with van der Waals surface area (Å²) in [6.07, 6.45) is 4.16. The molecule has 2 atom stereocenters. The van der Waals surface area contributed by atoms with Gasteiger partial charge < -0.3 is 20.4 Å². The lowest BCUT2D eigenvalue weighted by molar-refractivity contribution is -0.445. The van der Waals surface area contributed by atoms with Crippen molar-refractivity contribution < 1.29 is 27.1 Å². The van der Waals surface area contributed by atoms with E-state index in [9.17, 15) is 17.8 Å². The Labute approximate surface area is 244 Å². The number of hydrogen-bond donors (Lipinski definition) is 3. The number of rotatable bonds is 5. The molecule has 3 aromatic rings. The third-order valence-corrected chi connectivity index (χ3v) is 10.1. The van der Waals surface area contributed by atoms with Gasteiger partial charge in [-0.3, -0.25) is 9.35 Å². The van der Waals surface area contributed by atoms with Crippen molar-refractivity contribution >= 4 is 50.5 Å². The van der Waals surface area contributed by atoms with Crippen molar-refractivity contribution in [2.24, 2.45) is 5.73 Å². The molecule has 0 bridgehead atoms. The molecular weight excluding hydrogens is 552 g/mol. The van der Waals surface area contributed by atoms with Crippen LogP contribution in [0.4, 0.5) is 5.69 Å². The molecule has 218 valence electrons. The number of hydrogen-bond acceptors (Lipinski definition) is 5. The van der Waals surface area contributed by atoms with E-state index >= 15 is 0 Å². The summed E-state index contributed by atoms with van der Waals surface area (Å²) in [4.78, 5) is 12.2. The molecule has 42 heavy (non-hydrogen) atoms. The first kappa shape index (κ1) is 27.3. The van der Waals surface area contributed by atoms with Crippen molar-refractivity contribution in [3.63, 3.8) is 0 Å². The number of aromatic nitrogens is 1. The summed E-state index contributed by atoms with van der Waals surface area (Å²) in [5.41, 5.74) is 12.2. The third-order valence-electron chi connectivity index (χ3n) is 9.27. The van der Waals surface area contributed by atoms with Crippen LogP contribution >= 0.6 is 0 Å². The number of nitrogens with one attached hydrogen (secondary N) is 1. The van der Waals surface area contributed by atoms with Gasteiger partial charge in [0.15, 0.2) is 12.3 Å². The number of ether oxygens (including phenoxy) is 1. The molecule has 0 aliphatic carbocycles. The predicted octanol–water partition coefficient (Wildman–Crippen LogP) is 1.64. The van der Waals surface area contributed by atoms with E-state index in [1.807, 2.05) is 6.07 Å². The lowest BCUT2D eigenvalue weighted by atomic mass is 9.75. The lowest BCUT2D eigenvalue weighted by Gasteiger charge is -2.37. The molecule has 7 rings (SSSR count). The van der Waals surface area contributed by atoms with Gasteiger partial charge in [0.05, 0.1) is 34.3 Å². The summed E-state index contributed by atoms with van der Waals surface area (Å²) >= 11 is 0. The zero-order chi connectivity index (χ0) is 29.6. The molecule has 0 radical (unpaired) electrons. The summed E-state index contributed by atoms with van der Waals surface area (Å²) < 4.78 is 45.0. The molecule has 1 aromatic heterocycles. The largest absolute Gasteiger partial charge is 0.365 e. The van der Waals surface area contributed by atoms with Crippen LogP contribution in [0.3, 0.4) is 0 Å². The Hall–Kier alpha value is -3.57. The van der Waals surface area contributed by atoms with Crippen molar-refractivity contribution in [2.45, 2.75) is 62.2 Å². The van der Waals surface area contributed by atoms with Gasteiger partial charge in [-0.1, -0.05) is 12.6 Å². The first-order chi connectivity index (χ1) is 20.0. The fraction of sp³-hybridized carbons (Fsp3) is 0.375. The monoisotopic (exact) mass is 587 g/mol. The summed E-state index contributed by atoms with van der Waals surface area (Å²) in [7, 11) is -4.32. The van der Waals surface area contributed by atoms with E-state index in [1.165, 1.54) is 6.07 Å². The molecule has 0 saturated carbocycles. The number of carbonyl (C=O) groups is 1. The fourth-order valence-electron chi connectivity index (χ4n) is 7.43. The molecule has 5 heterocycles. The highest BCUT2D eigenvalue weighted by Gasteiger charge is 2.53. The number of nitrogens with two attached hydrogens (primary N) is 1. The molecule has 4 N–H and O–H groups in total. The van der Waals surface area contributed by atoms with Gasteiger partial charge in [-0.25, -0.2) is 0 Å². The number of aryl methyl sites for hydroxylation is 1. The second-order valence-electron chi connectivity index (χ2n) is 12.2. The first-order valence-corrected chi connectivity index (χ1v) is 15.9. The highest BCUT2D eigenvalue weighted by molar-refractivity contribution is 7.85. The Morgan fingerprint density at radius 3 is 2.79 bits per heavy atom. The molecule has 4 aliphatic rings. The smallest absolute Gasteiger partial charge is 0.294 e. The van der Waals surface area contributed by atoms with Gasteiger partial charge in [0.2, 0.25) is 11.6 Å². The number of nitrogens with zero attached hydrogens (tertiary/aromatic N) is 2. The second-order valence-corrected chi connectivity index (χ2v) is 13.6. The summed E-state index contributed by atoms with van der Waals surface area (Å²) in [5, 5.41) is 5.86. The van der Waals surface area contributed by atoms with Crippen LogP contribution in [-0.2, 0) is 38.0 Å². The van der Waals surface area contributed by atoms with Crippen LogP contribution in [0.15, 0.2) is 52.9 Å². The molecule has 1 amide bonds. The van der Waals surface area contributed by atoms with Crippen LogP contribution < -0.4 is 21.6 Å². The minimum absolute atomic E-state index is 0.0391. The quantitative estimate of drug-likeness (QED) is 0.308. The molecule has 4 aliphatic heterocycles. The number of amides is 1. The van der Waals surface area contributed by atoms with Crippen LogP contribution in [-0.4, -0.2) is 65.6 Å². The summed E-state index contributed by atoms with van der Waals surface area (Å²) in [6.45, 7) is 11.2. The van der Waals surface area contributed by atoms with E-state index < -0.39 is 15.5 Å². The topological polar surface area (TPSA) is 127 Å². The summed E-state index contributed by atoms with van der Waals surface area (Å²) in [5.74, 6) is -0.0527. The Morgan fingerprint density at radius 1 is 1.21 bits per heavy atom. The molecule has 9 nitrogen and oxygen atoms in total. The molecule has 10 heteroatoms. The zero-order valence-corrected chi connectivity index (χ0v) is 24.6. The Balaban J connectivity index is 1.37. The van der Waals surface area contributed by atoms with E-state index in [1.54, 1.807) is 12.1 Å². The van der Waals surface area contributed by atoms with Crippen LogP contribution in [0.25, 0.3) is 23.1 Å². The number of carbonyl (C=O) groups excluding carboxylic acids is 1. The van der Waals surface area contributed by atoms with E-state index in [-0.39, 0.29) is 29.4 Å². The minimum Gasteiger partial charge on any atom is -0.365 e. The first-order valence-electron chi connectivity index (χ1n) is 14.4. The SMILES string of the molecule is C=c1c2n(c3ccc(CC(=O)NCCN)cc13)CCC1OC3CC[N+]4=C(C3=CC=21)C(C)(C)c1cc(S(=O)(=O)O)ccc14. The Bertz CT molecular complexity index is 1990. The predicted molar refractivity (Wildman–Crippen MR) is 161 cm³/mol. The second kappa shape index (κ2) is 9.47. The minimum atomic E-state index is -4.32. The van der Waals surface area contributed by atoms with Crippen LogP contribution in [0, 0.1) is 0 Å². The fourth-order valence-corrected chi connectivity index (χ4v) is 7.94. The van der Waals surface area contributed by atoms with Crippen LogP contribution in [0.5, 0.6) is 0 Å². The van der Waals surface area contributed by atoms with Crippen molar-refractivity contribution in [3.8, 4) is 0 Å². The maximum atomic E-state index is 12.3. The van der Waals surface area contributed by atoms with Gasteiger partial charge >= 0.3 is 0 Å². The average Bonchev–Trinajstić information content (AvgIpc) is 3.37. The molecule has 0 spiro atoms. The molecular formula is C32H35N4O5S+. The van der Waals surface area contributed by atoms with Gasteiger partial charge in [0, 0.05) is 65.0 Å². The van der Waals surface area contributed by atoms with Crippen LogP contribution in [0.2, 0.25) is 0 Å². The van der Waals surface area contributed by atoms with Gasteiger partial charge in [0.25, 0.3) is 10.1 Å². The maximum Gasteiger partial charge on any atom is 0.294 e. The highest BCUT2D eigenvalue weighted by atomic mass is 32.2. The standard InChI is InChI=1S/C32H34N4O5S/c1-18-21-14-19(15-29(37)34-11-10-33)4-6-25(21)35-12-8-27-22(30(18)35)17-23-28(41-27)9-13-36-26-7-5-20(42(38,39)40)16-24(26)32(2,3)31(23)36/h4-7,14,16-17,27-28H,1,8-13,15,33H2,2-3H3,(H-,34,37,38,39,40)/p+1. The van der Waals surface area contributed by atoms with Crippen molar-refractivity contribution in [1.82, 2.24) is 9.88 Å². The van der Waals surface area contributed by atoms with Crippen molar-refractivity contribution in [3.05, 3.63) is 69.7 Å². The maximum absolute atomic E-state index is 12.3. The molecule has 2 aromatic carbocycles. The van der Waals surface area contributed by atoms with Gasteiger partial charge in [-0.15, -0.1) is 0 Å². The lowest BCUT2D eigenvalue weighted by Crippen LogP contribution is -2.48. The Morgan fingerprint density at radius 2 is 2.02 bits per heavy atom. The van der Waals surface area contributed by atoms with Gasteiger partial charge in [-0.2, -0.15) is 13.0 Å². The van der Waals surface area contributed by atoms with E-state index in [4.69, 9.17) is 10.5 Å². The average molecular weight is 588 g/mol. The molecule has 0 fully saturated rings. The van der Waals surface area contributed by atoms with E-state index in [0.29, 0.717) is 13.1 Å². The van der Waals surface area contributed by atoms with Crippen molar-refractivity contribution in [1.29, 1.82) is 0 Å². The van der Waals surface area contributed by atoms with Crippen molar-refractivity contribution in [2.75, 3.05) is 19.6 Å². The van der Waals surface area contributed by atoms with E-state index in [2.05, 4.69) is 53.1 Å². The van der Waals surface area contributed by atoms with Gasteiger partial charge in [0.1, 0.15) is 0 Å². The summed E-state index contributed by atoms with van der Waals surface area (Å²) in [6, 6.07) is 11.0. The zero-order valence-electron chi connectivity index (χ0n) is 23.8. The van der Waals surface area contributed by atoms with Crippen LogP contribution in [0.1, 0.15) is 37.8 Å². The highest BCUT2D eigenvalue weighted by Crippen LogP contribution is 2.47. The van der Waals surface area contributed by atoms with E-state index in [0.717, 1.165) is 81.1 Å². The number of benzene rings is 2.